The van der Waals surface area contributed by atoms with Gasteiger partial charge in [0, 0.05) is 29.1 Å². The molecule has 0 aliphatic rings. The van der Waals surface area contributed by atoms with Crippen molar-refractivity contribution in [2.24, 2.45) is 0 Å². The SMILES string of the molecule is CCCCCCCCCCCCCC(=O)c1c[nH]c2ccccc12. The second-order valence-corrected chi connectivity index (χ2v) is 6.96. The summed E-state index contributed by atoms with van der Waals surface area (Å²) >= 11 is 0. The highest BCUT2D eigenvalue weighted by Crippen LogP contribution is 2.20. The molecule has 0 amide bonds. The van der Waals surface area contributed by atoms with Crippen molar-refractivity contribution in [2.45, 2.75) is 84.0 Å². The molecular formula is C22H33NO. The molecule has 24 heavy (non-hydrogen) atoms. The van der Waals surface area contributed by atoms with Gasteiger partial charge >= 0.3 is 0 Å². The van der Waals surface area contributed by atoms with Gasteiger partial charge in [0.1, 0.15) is 0 Å². The van der Waals surface area contributed by atoms with Crippen molar-refractivity contribution in [2.75, 3.05) is 0 Å². The second kappa shape index (κ2) is 11.1. The van der Waals surface area contributed by atoms with Crippen LogP contribution < -0.4 is 0 Å². The first-order valence-corrected chi connectivity index (χ1v) is 9.92. The highest BCUT2D eigenvalue weighted by Gasteiger charge is 2.10. The number of carbonyl (C=O) groups is 1. The Bertz CT molecular complexity index is 599. The van der Waals surface area contributed by atoms with Crippen molar-refractivity contribution in [3.05, 3.63) is 36.0 Å². The zero-order chi connectivity index (χ0) is 17.0. The molecule has 0 radical (unpaired) electrons. The van der Waals surface area contributed by atoms with Crippen molar-refractivity contribution in [1.82, 2.24) is 4.98 Å². The van der Waals surface area contributed by atoms with Crippen LogP contribution in [0.25, 0.3) is 10.9 Å². The molecule has 1 aromatic heterocycles. The number of carbonyl (C=O) groups excluding carboxylic acids is 1. The summed E-state index contributed by atoms with van der Waals surface area (Å²) in [5, 5.41) is 1.06. The fourth-order valence-electron chi connectivity index (χ4n) is 3.39. The molecule has 0 aliphatic carbocycles. The van der Waals surface area contributed by atoms with E-state index in [0.29, 0.717) is 6.42 Å². The zero-order valence-electron chi connectivity index (χ0n) is 15.3. The van der Waals surface area contributed by atoms with Gasteiger partial charge in [0.05, 0.1) is 0 Å². The average molecular weight is 328 g/mol. The maximum atomic E-state index is 12.4. The van der Waals surface area contributed by atoms with E-state index in [9.17, 15) is 4.79 Å². The van der Waals surface area contributed by atoms with Crippen LogP contribution in [-0.4, -0.2) is 10.8 Å². The van der Waals surface area contributed by atoms with Crippen molar-refractivity contribution in [3.63, 3.8) is 0 Å². The second-order valence-electron chi connectivity index (χ2n) is 6.96. The molecule has 0 atom stereocenters. The zero-order valence-corrected chi connectivity index (χ0v) is 15.3. The largest absolute Gasteiger partial charge is 0.360 e. The van der Waals surface area contributed by atoms with Crippen molar-refractivity contribution in [1.29, 1.82) is 0 Å². The van der Waals surface area contributed by atoms with Gasteiger partial charge in [-0.2, -0.15) is 0 Å². The van der Waals surface area contributed by atoms with Gasteiger partial charge in [-0.05, 0) is 12.5 Å². The van der Waals surface area contributed by atoms with Crippen molar-refractivity contribution in [3.8, 4) is 0 Å². The van der Waals surface area contributed by atoms with E-state index in [0.717, 1.165) is 22.9 Å². The minimum absolute atomic E-state index is 0.281. The molecule has 0 saturated heterocycles. The van der Waals surface area contributed by atoms with E-state index >= 15 is 0 Å². The fraction of sp³-hybridized carbons (Fsp3) is 0.591. The van der Waals surface area contributed by atoms with Gasteiger partial charge in [0.15, 0.2) is 5.78 Å². The number of Topliss-reactive ketones (excluding diaryl/α,β-unsaturated/α-hetero) is 1. The number of H-pyrrole nitrogens is 1. The molecule has 2 rings (SSSR count). The Morgan fingerprint density at radius 1 is 0.833 bits per heavy atom. The summed E-state index contributed by atoms with van der Waals surface area (Å²) in [7, 11) is 0. The molecule has 0 fully saturated rings. The predicted molar refractivity (Wildman–Crippen MR) is 104 cm³/mol. The highest BCUT2D eigenvalue weighted by atomic mass is 16.1. The number of hydrogen-bond acceptors (Lipinski definition) is 1. The molecule has 1 aromatic carbocycles. The summed E-state index contributed by atoms with van der Waals surface area (Å²) in [6.45, 7) is 2.27. The molecule has 2 aromatic rings. The molecule has 0 aliphatic heterocycles. The summed E-state index contributed by atoms with van der Waals surface area (Å²) in [5.41, 5.74) is 1.91. The predicted octanol–water partition coefficient (Wildman–Crippen LogP) is 7.05. The molecule has 1 heterocycles. The first-order chi connectivity index (χ1) is 11.8. The molecule has 0 unspecified atom stereocenters. The van der Waals surface area contributed by atoms with Gasteiger partial charge in [-0.3, -0.25) is 4.79 Å². The third kappa shape index (κ3) is 6.14. The van der Waals surface area contributed by atoms with E-state index in [1.165, 1.54) is 64.2 Å². The molecule has 2 nitrogen and oxygen atoms in total. The number of aromatic amines is 1. The van der Waals surface area contributed by atoms with Crippen LogP contribution in [0.5, 0.6) is 0 Å². The van der Waals surface area contributed by atoms with Gasteiger partial charge in [0.25, 0.3) is 0 Å². The normalized spacial score (nSPS) is 11.2. The molecule has 0 spiro atoms. The van der Waals surface area contributed by atoms with Crippen molar-refractivity contribution < 1.29 is 4.79 Å². The van der Waals surface area contributed by atoms with Gasteiger partial charge in [-0.15, -0.1) is 0 Å². The van der Waals surface area contributed by atoms with E-state index in [1.54, 1.807) is 0 Å². The topological polar surface area (TPSA) is 32.9 Å². The summed E-state index contributed by atoms with van der Waals surface area (Å²) in [6, 6.07) is 8.04. The molecular weight excluding hydrogens is 294 g/mol. The van der Waals surface area contributed by atoms with Crippen LogP contribution in [-0.2, 0) is 0 Å². The lowest BCUT2D eigenvalue weighted by Crippen LogP contribution is -1.97. The number of benzene rings is 1. The van der Waals surface area contributed by atoms with Gasteiger partial charge < -0.3 is 4.98 Å². The van der Waals surface area contributed by atoms with E-state index in [2.05, 4.69) is 11.9 Å². The van der Waals surface area contributed by atoms with Crippen LogP contribution in [0.1, 0.15) is 94.3 Å². The van der Waals surface area contributed by atoms with Crippen molar-refractivity contribution >= 4 is 16.7 Å². The highest BCUT2D eigenvalue weighted by molar-refractivity contribution is 6.07. The molecule has 0 saturated carbocycles. The summed E-state index contributed by atoms with van der Waals surface area (Å²) in [5.74, 6) is 0.281. The lowest BCUT2D eigenvalue weighted by molar-refractivity contribution is 0.0980. The fourth-order valence-corrected chi connectivity index (χ4v) is 3.39. The van der Waals surface area contributed by atoms with Gasteiger partial charge in [0.2, 0.25) is 0 Å². The first-order valence-electron chi connectivity index (χ1n) is 9.92. The number of fused-ring (bicyclic) bond motifs is 1. The Balaban J connectivity index is 1.52. The molecule has 132 valence electrons. The summed E-state index contributed by atoms with van der Waals surface area (Å²) in [4.78, 5) is 15.6. The number of nitrogens with one attached hydrogen (secondary N) is 1. The molecule has 1 N–H and O–H groups in total. The molecule has 0 bridgehead atoms. The van der Waals surface area contributed by atoms with E-state index in [1.807, 2.05) is 30.5 Å². The van der Waals surface area contributed by atoms with Gasteiger partial charge in [-0.25, -0.2) is 0 Å². The van der Waals surface area contributed by atoms with Gasteiger partial charge in [-0.1, -0.05) is 89.3 Å². The Labute approximate surface area is 147 Å². The van der Waals surface area contributed by atoms with Crippen LogP contribution in [0.15, 0.2) is 30.5 Å². The Hall–Kier alpha value is -1.57. The number of rotatable bonds is 13. The van der Waals surface area contributed by atoms with Crippen LogP contribution in [0.4, 0.5) is 0 Å². The number of ketones is 1. The quantitative estimate of drug-likeness (QED) is 0.310. The van der Waals surface area contributed by atoms with E-state index < -0.39 is 0 Å². The summed E-state index contributed by atoms with van der Waals surface area (Å²) < 4.78 is 0. The smallest absolute Gasteiger partial charge is 0.165 e. The molecule has 2 heteroatoms. The maximum Gasteiger partial charge on any atom is 0.165 e. The number of unbranched alkanes of at least 4 members (excludes halogenated alkanes) is 10. The number of aromatic nitrogens is 1. The lowest BCUT2D eigenvalue weighted by atomic mass is 10.0. The minimum Gasteiger partial charge on any atom is -0.360 e. The Morgan fingerprint density at radius 2 is 1.42 bits per heavy atom. The third-order valence-corrected chi connectivity index (χ3v) is 4.90. The monoisotopic (exact) mass is 327 g/mol. The standard InChI is InChI=1S/C22H33NO/c1-2-3-4-5-6-7-8-9-10-11-12-17-22(24)20-18-23-21-16-14-13-15-19(20)21/h13-16,18,23H,2-12,17H2,1H3. The van der Waals surface area contributed by atoms with E-state index in [4.69, 9.17) is 0 Å². The van der Waals surface area contributed by atoms with Crippen LogP contribution in [0.2, 0.25) is 0 Å². The van der Waals surface area contributed by atoms with E-state index in [-0.39, 0.29) is 5.78 Å². The number of hydrogen-bond donors (Lipinski definition) is 1. The number of para-hydroxylation sites is 1. The third-order valence-electron chi connectivity index (χ3n) is 4.90. The minimum atomic E-state index is 0.281. The maximum absolute atomic E-state index is 12.4. The first kappa shape index (κ1) is 18.8. The van der Waals surface area contributed by atoms with Crippen LogP contribution >= 0.6 is 0 Å². The van der Waals surface area contributed by atoms with Crippen LogP contribution in [0.3, 0.4) is 0 Å². The summed E-state index contributed by atoms with van der Waals surface area (Å²) in [6.07, 6.45) is 17.1. The van der Waals surface area contributed by atoms with Crippen LogP contribution in [0, 0.1) is 0 Å². The lowest BCUT2D eigenvalue weighted by Gasteiger charge is -2.03. The Kier molecular flexibility index (Phi) is 8.65. The average Bonchev–Trinajstić information content (AvgIpc) is 3.03. The Morgan fingerprint density at radius 3 is 2.08 bits per heavy atom.